The van der Waals surface area contributed by atoms with E-state index in [9.17, 15) is 4.79 Å². The number of carbonyl (C=O) groups excluding carboxylic acids is 1. The summed E-state index contributed by atoms with van der Waals surface area (Å²) in [5.74, 6) is 0.167. The summed E-state index contributed by atoms with van der Waals surface area (Å²) in [5.41, 5.74) is 0.934. The number of nitrogens with one attached hydrogen (secondary N) is 1. The predicted molar refractivity (Wildman–Crippen MR) is 66.0 cm³/mol. The summed E-state index contributed by atoms with van der Waals surface area (Å²) in [6, 6.07) is 9.42. The lowest BCUT2D eigenvalue weighted by atomic mass is 10.2. The van der Waals surface area contributed by atoms with Gasteiger partial charge in [0, 0.05) is 12.4 Å². The quantitative estimate of drug-likeness (QED) is 0.766. The topological polar surface area (TPSA) is 58.6 Å². The van der Waals surface area contributed by atoms with Crippen molar-refractivity contribution in [3.63, 3.8) is 0 Å². The molecule has 0 aliphatic carbocycles. The van der Waals surface area contributed by atoms with Gasteiger partial charge in [0.25, 0.3) is 0 Å². The first kappa shape index (κ1) is 13.8. The smallest absolute Gasteiger partial charge is 0.407 e. The molecule has 5 heteroatoms. The van der Waals surface area contributed by atoms with Crippen LogP contribution in [0, 0.1) is 0 Å². The van der Waals surface area contributed by atoms with Gasteiger partial charge in [-0.05, 0) is 12.0 Å². The standard InChI is InChI=1S/C12H16ClNO3/c13-8-11(15)6-7-14-12(16)17-9-10-4-2-1-3-5-10/h1-5,11,15H,6-9H2,(H,14,16)/t11-/m1/s1. The Morgan fingerprint density at radius 3 is 2.76 bits per heavy atom. The molecule has 94 valence electrons. The number of aliphatic hydroxyl groups excluding tert-OH is 1. The molecule has 4 nitrogen and oxygen atoms in total. The van der Waals surface area contributed by atoms with Crippen LogP contribution in [0.5, 0.6) is 0 Å². The molecule has 0 saturated carbocycles. The van der Waals surface area contributed by atoms with Crippen LogP contribution in [0.25, 0.3) is 0 Å². The van der Waals surface area contributed by atoms with E-state index >= 15 is 0 Å². The van der Waals surface area contributed by atoms with Gasteiger partial charge in [-0.2, -0.15) is 0 Å². The molecule has 0 spiro atoms. The van der Waals surface area contributed by atoms with E-state index in [0.29, 0.717) is 13.0 Å². The van der Waals surface area contributed by atoms with E-state index in [1.54, 1.807) is 0 Å². The normalized spacial score (nSPS) is 11.9. The van der Waals surface area contributed by atoms with Crippen LogP contribution in [0.1, 0.15) is 12.0 Å². The van der Waals surface area contributed by atoms with E-state index in [4.69, 9.17) is 21.4 Å². The maximum Gasteiger partial charge on any atom is 0.407 e. The van der Waals surface area contributed by atoms with Crippen molar-refractivity contribution in [2.45, 2.75) is 19.1 Å². The van der Waals surface area contributed by atoms with Crippen molar-refractivity contribution < 1.29 is 14.6 Å². The summed E-state index contributed by atoms with van der Waals surface area (Å²) in [6.07, 6.45) is -0.661. The molecule has 1 aromatic carbocycles. The number of carbonyl (C=O) groups is 1. The Morgan fingerprint density at radius 2 is 2.12 bits per heavy atom. The van der Waals surface area contributed by atoms with Crippen LogP contribution in [0.2, 0.25) is 0 Å². The minimum absolute atomic E-state index is 0.167. The third kappa shape index (κ3) is 6.14. The van der Waals surface area contributed by atoms with Crippen molar-refractivity contribution in [2.75, 3.05) is 12.4 Å². The second kappa shape index (κ2) is 7.92. The molecule has 0 radical (unpaired) electrons. The molecule has 0 unspecified atom stereocenters. The first-order valence-corrected chi connectivity index (χ1v) is 5.94. The number of amides is 1. The predicted octanol–water partition coefficient (Wildman–Crippen LogP) is 1.90. The Hall–Kier alpha value is -1.26. The molecule has 0 aliphatic heterocycles. The van der Waals surface area contributed by atoms with Crippen molar-refractivity contribution in [2.24, 2.45) is 0 Å². The first-order valence-electron chi connectivity index (χ1n) is 5.41. The third-order valence-corrected chi connectivity index (χ3v) is 2.49. The highest BCUT2D eigenvalue weighted by Gasteiger charge is 2.05. The number of halogens is 1. The van der Waals surface area contributed by atoms with Gasteiger partial charge in [-0.1, -0.05) is 30.3 Å². The monoisotopic (exact) mass is 257 g/mol. The van der Waals surface area contributed by atoms with E-state index in [0.717, 1.165) is 5.56 Å². The SMILES string of the molecule is O=C(NCC[C@@H](O)CCl)OCc1ccccc1. The highest BCUT2D eigenvalue weighted by atomic mass is 35.5. The molecule has 0 bridgehead atoms. The largest absolute Gasteiger partial charge is 0.445 e. The second-order valence-corrected chi connectivity index (χ2v) is 3.89. The van der Waals surface area contributed by atoms with Crippen LogP contribution < -0.4 is 5.32 Å². The zero-order valence-electron chi connectivity index (χ0n) is 9.43. The summed E-state index contributed by atoms with van der Waals surface area (Å²) >= 11 is 5.41. The number of alkyl halides is 1. The fraction of sp³-hybridized carbons (Fsp3) is 0.417. The van der Waals surface area contributed by atoms with Gasteiger partial charge in [0.05, 0.1) is 6.10 Å². The van der Waals surface area contributed by atoms with Gasteiger partial charge < -0.3 is 15.2 Å². The van der Waals surface area contributed by atoms with E-state index in [1.165, 1.54) is 0 Å². The molecule has 0 heterocycles. The van der Waals surface area contributed by atoms with Gasteiger partial charge in [-0.15, -0.1) is 11.6 Å². The fourth-order valence-corrected chi connectivity index (χ4v) is 1.35. The van der Waals surface area contributed by atoms with Gasteiger partial charge >= 0.3 is 6.09 Å². The van der Waals surface area contributed by atoms with Gasteiger partial charge in [0.15, 0.2) is 0 Å². The van der Waals surface area contributed by atoms with Crippen molar-refractivity contribution in [3.05, 3.63) is 35.9 Å². The van der Waals surface area contributed by atoms with E-state index < -0.39 is 12.2 Å². The zero-order chi connectivity index (χ0) is 12.5. The Balaban J connectivity index is 2.13. The highest BCUT2D eigenvalue weighted by molar-refractivity contribution is 6.18. The fourth-order valence-electron chi connectivity index (χ4n) is 1.19. The van der Waals surface area contributed by atoms with Crippen LogP contribution >= 0.6 is 11.6 Å². The Bertz CT molecular complexity index is 332. The summed E-state index contributed by atoms with van der Waals surface area (Å²) in [6.45, 7) is 0.590. The summed E-state index contributed by atoms with van der Waals surface area (Å²) in [4.78, 5) is 11.2. The highest BCUT2D eigenvalue weighted by Crippen LogP contribution is 2.00. The second-order valence-electron chi connectivity index (χ2n) is 3.59. The molecule has 0 saturated heterocycles. The average Bonchev–Trinajstić information content (AvgIpc) is 2.37. The number of hydrogen-bond donors (Lipinski definition) is 2. The molecule has 17 heavy (non-hydrogen) atoms. The minimum atomic E-state index is -0.592. The molecule has 2 N–H and O–H groups in total. The molecule has 1 rings (SSSR count). The summed E-state index contributed by atoms with van der Waals surface area (Å²) in [5, 5.41) is 11.7. The Kier molecular flexibility index (Phi) is 6.43. The lowest BCUT2D eigenvalue weighted by Crippen LogP contribution is -2.28. The van der Waals surface area contributed by atoms with Gasteiger partial charge in [-0.25, -0.2) is 4.79 Å². The van der Waals surface area contributed by atoms with Crippen molar-refractivity contribution in [1.82, 2.24) is 5.32 Å². The number of ether oxygens (including phenoxy) is 1. The number of rotatable bonds is 6. The molecule has 1 amide bonds. The molecular formula is C12H16ClNO3. The zero-order valence-corrected chi connectivity index (χ0v) is 10.2. The lowest BCUT2D eigenvalue weighted by Gasteiger charge is -2.08. The van der Waals surface area contributed by atoms with Gasteiger partial charge in [0.1, 0.15) is 6.61 Å². The first-order chi connectivity index (χ1) is 8.22. The van der Waals surface area contributed by atoms with Crippen LogP contribution in [0.15, 0.2) is 30.3 Å². The van der Waals surface area contributed by atoms with Crippen LogP contribution in [-0.2, 0) is 11.3 Å². The Morgan fingerprint density at radius 1 is 1.41 bits per heavy atom. The van der Waals surface area contributed by atoms with E-state index in [2.05, 4.69) is 5.32 Å². The lowest BCUT2D eigenvalue weighted by molar-refractivity contribution is 0.136. The van der Waals surface area contributed by atoms with Crippen molar-refractivity contribution >= 4 is 17.7 Å². The maximum absolute atomic E-state index is 11.2. The number of hydrogen-bond acceptors (Lipinski definition) is 3. The van der Waals surface area contributed by atoms with Gasteiger partial charge in [-0.3, -0.25) is 0 Å². The number of alkyl carbamates (subject to hydrolysis) is 1. The molecule has 1 aromatic rings. The third-order valence-electron chi connectivity index (χ3n) is 2.14. The molecule has 0 fully saturated rings. The van der Waals surface area contributed by atoms with Crippen LogP contribution in [-0.4, -0.2) is 29.7 Å². The maximum atomic E-state index is 11.2. The van der Waals surface area contributed by atoms with Crippen LogP contribution in [0.3, 0.4) is 0 Å². The minimum Gasteiger partial charge on any atom is -0.445 e. The van der Waals surface area contributed by atoms with Gasteiger partial charge in [0.2, 0.25) is 0 Å². The van der Waals surface area contributed by atoms with E-state index in [1.807, 2.05) is 30.3 Å². The summed E-state index contributed by atoms with van der Waals surface area (Å²) < 4.78 is 4.98. The molecular weight excluding hydrogens is 242 g/mol. The number of aliphatic hydroxyl groups is 1. The molecule has 0 aromatic heterocycles. The van der Waals surface area contributed by atoms with Crippen molar-refractivity contribution in [1.29, 1.82) is 0 Å². The summed E-state index contributed by atoms with van der Waals surface area (Å²) in [7, 11) is 0. The molecule has 0 aliphatic rings. The van der Waals surface area contributed by atoms with Crippen LogP contribution in [0.4, 0.5) is 4.79 Å². The molecule has 1 atom stereocenters. The van der Waals surface area contributed by atoms with Crippen molar-refractivity contribution in [3.8, 4) is 0 Å². The van der Waals surface area contributed by atoms with E-state index in [-0.39, 0.29) is 12.5 Å². The Labute approximate surface area is 106 Å². The average molecular weight is 258 g/mol. The number of benzene rings is 1.